The minimum atomic E-state index is 0.647. The molecule has 0 aliphatic heterocycles. The van der Waals surface area contributed by atoms with E-state index in [0.29, 0.717) is 6.54 Å². The first kappa shape index (κ1) is 13.1. The van der Waals surface area contributed by atoms with Gasteiger partial charge in [-0.15, -0.1) is 0 Å². The zero-order chi connectivity index (χ0) is 12.0. The van der Waals surface area contributed by atoms with Crippen molar-refractivity contribution in [1.82, 2.24) is 9.97 Å². The highest BCUT2D eigenvalue weighted by Crippen LogP contribution is 2.11. The summed E-state index contributed by atoms with van der Waals surface area (Å²) in [4.78, 5) is 9.00. The predicted octanol–water partition coefficient (Wildman–Crippen LogP) is 1.17. The van der Waals surface area contributed by atoms with Crippen LogP contribution in [0.3, 0.4) is 0 Å². The maximum absolute atomic E-state index is 5.56. The van der Waals surface area contributed by atoms with E-state index in [1.54, 1.807) is 7.11 Å². The second-order valence-corrected chi connectivity index (χ2v) is 3.92. The molecule has 2 N–H and O–H groups in total. The molecule has 1 aromatic rings. The molecule has 0 spiro atoms. The van der Waals surface area contributed by atoms with Crippen LogP contribution in [0.5, 0.6) is 0 Å². The quantitative estimate of drug-likeness (QED) is 0.735. The second-order valence-electron chi connectivity index (χ2n) is 3.92. The van der Waals surface area contributed by atoms with Crippen molar-refractivity contribution >= 4 is 0 Å². The molecule has 0 radical (unpaired) electrons. The Morgan fingerprint density at radius 2 is 1.75 bits per heavy atom. The zero-order valence-electron chi connectivity index (χ0n) is 10.4. The second kappa shape index (κ2) is 6.55. The van der Waals surface area contributed by atoms with Gasteiger partial charge in [-0.1, -0.05) is 0 Å². The van der Waals surface area contributed by atoms with Crippen LogP contribution >= 0.6 is 0 Å². The number of rotatable bonds is 6. The minimum absolute atomic E-state index is 0.647. The molecule has 1 aromatic heterocycles. The highest BCUT2D eigenvalue weighted by Gasteiger charge is 2.07. The third-order valence-electron chi connectivity index (χ3n) is 2.61. The van der Waals surface area contributed by atoms with Crippen LogP contribution in [0.15, 0.2) is 0 Å². The Bertz CT molecular complexity index is 316. The lowest BCUT2D eigenvalue weighted by Crippen LogP contribution is -2.10. The van der Waals surface area contributed by atoms with E-state index in [4.69, 9.17) is 10.5 Å². The van der Waals surface area contributed by atoms with Crippen molar-refractivity contribution in [3.05, 3.63) is 22.8 Å². The molecule has 0 amide bonds. The van der Waals surface area contributed by atoms with Gasteiger partial charge in [-0.2, -0.15) is 0 Å². The van der Waals surface area contributed by atoms with Gasteiger partial charge >= 0.3 is 0 Å². The molecule has 1 rings (SSSR count). The smallest absolute Gasteiger partial charge is 0.128 e. The molecular weight excluding hydrogens is 202 g/mol. The first-order valence-corrected chi connectivity index (χ1v) is 5.71. The molecule has 90 valence electrons. The summed E-state index contributed by atoms with van der Waals surface area (Å²) in [5.74, 6) is 0.910. The standard InChI is InChI=1S/C12H21N3O/c1-9-11(6-7-13)10(2)15-12(14-9)5-4-8-16-3/h4-8,13H2,1-3H3. The van der Waals surface area contributed by atoms with Gasteiger partial charge in [-0.05, 0) is 38.8 Å². The molecule has 0 aromatic carbocycles. The van der Waals surface area contributed by atoms with E-state index >= 15 is 0 Å². The van der Waals surface area contributed by atoms with Crippen molar-refractivity contribution in [2.24, 2.45) is 5.73 Å². The molecule has 0 unspecified atom stereocenters. The first-order chi connectivity index (χ1) is 7.69. The molecule has 4 heteroatoms. The van der Waals surface area contributed by atoms with Gasteiger partial charge in [0.15, 0.2) is 0 Å². The summed E-state index contributed by atoms with van der Waals surface area (Å²) in [5, 5.41) is 0. The van der Waals surface area contributed by atoms with Crippen molar-refractivity contribution in [3.63, 3.8) is 0 Å². The van der Waals surface area contributed by atoms with Crippen LogP contribution in [0.25, 0.3) is 0 Å². The van der Waals surface area contributed by atoms with Crippen LogP contribution in [0.1, 0.15) is 29.2 Å². The molecule has 0 fully saturated rings. The fourth-order valence-corrected chi connectivity index (χ4v) is 1.80. The van der Waals surface area contributed by atoms with Gasteiger partial charge in [-0.3, -0.25) is 0 Å². The van der Waals surface area contributed by atoms with Gasteiger partial charge in [0.05, 0.1) is 0 Å². The molecule has 0 atom stereocenters. The summed E-state index contributed by atoms with van der Waals surface area (Å²) < 4.78 is 5.01. The summed E-state index contributed by atoms with van der Waals surface area (Å²) in [6.45, 7) is 5.46. The van der Waals surface area contributed by atoms with E-state index in [-0.39, 0.29) is 0 Å². The van der Waals surface area contributed by atoms with Crippen molar-refractivity contribution in [2.45, 2.75) is 33.1 Å². The van der Waals surface area contributed by atoms with E-state index in [2.05, 4.69) is 9.97 Å². The average Bonchev–Trinajstić information content (AvgIpc) is 2.24. The number of nitrogens with zero attached hydrogens (tertiary/aromatic N) is 2. The maximum Gasteiger partial charge on any atom is 0.128 e. The SMILES string of the molecule is COCCCc1nc(C)c(CCN)c(C)n1. The van der Waals surface area contributed by atoms with E-state index < -0.39 is 0 Å². The molecular formula is C12H21N3O. The van der Waals surface area contributed by atoms with Crippen LogP contribution in [-0.2, 0) is 17.6 Å². The van der Waals surface area contributed by atoms with Crippen molar-refractivity contribution in [3.8, 4) is 0 Å². The van der Waals surface area contributed by atoms with Gasteiger partial charge in [0.2, 0.25) is 0 Å². The molecule has 0 saturated carbocycles. The number of aryl methyl sites for hydroxylation is 3. The van der Waals surface area contributed by atoms with E-state index in [0.717, 1.165) is 43.1 Å². The predicted molar refractivity (Wildman–Crippen MR) is 64.5 cm³/mol. The lowest BCUT2D eigenvalue weighted by molar-refractivity contribution is 0.194. The normalized spacial score (nSPS) is 10.8. The number of hydrogen-bond acceptors (Lipinski definition) is 4. The van der Waals surface area contributed by atoms with Gasteiger partial charge in [0.25, 0.3) is 0 Å². The van der Waals surface area contributed by atoms with Crippen LogP contribution in [0, 0.1) is 13.8 Å². The molecule has 0 aliphatic carbocycles. The van der Waals surface area contributed by atoms with Crippen LogP contribution in [0.2, 0.25) is 0 Å². The van der Waals surface area contributed by atoms with E-state index in [1.165, 1.54) is 5.56 Å². The Morgan fingerprint density at radius 3 is 2.25 bits per heavy atom. The van der Waals surface area contributed by atoms with Gasteiger partial charge in [0.1, 0.15) is 5.82 Å². The fraction of sp³-hybridized carbons (Fsp3) is 0.667. The lowest BCUT2D eigenvalue weighted by Gasteiger charge is -2.09. The number of methoxy groups -OCH3 is 1. The average molecular weight is 223 g/mol. The third kappa shape index (κ3) is 3.54. The van der Waals surface area contributed by atoms with Gasteiger partial charge in [0, 0.05) is 31.5 Å². The minimum Gasteiger partial charge on any atom is -0.385 e. The molecule has 0 aliphatic rings. The highest BCUT2D eigenvalue weighted by atomic mass is 16.5. The van der Waals surface area contributed by atoms with Crippen molar-refractivity contribution in [1.29, 1.82) is 0 Å². The van der Waals surface area contributed by atoms with Gasteiger partial charge < -0.3 is 10.5 Å². The van der Waals surface area contributed by atoms with Gasteiger partial charge in [-0.25, -0.2) is 9.97 Å². The summed E-state index contributed by atoms with van der Waals surface area (Å²) in [6.07, 6.45) is 2.69. The summed E-state index contributed by atoms with van der Waals surface area (Å²) in [6, 6.07) is 0. The third-order valence-corrected chi connectivity index (χ3v) is 2.61. The number of nitrogens with two attached hydrogens (primary N) is 1. The Kier molecular flexibility index (Phi) is 5.35. The Balaban J connectivity index is 2.75. The Morgan fingerprint density at radius 1 is 1.12 bits per heavy atom. The van der Waals surface area contributed by atoms with Crippen molar-refractivity contribution < 1.29 is 4.74 Å². The number of hydrogen-bond donors (Lipinski definition) is 1. The van der Waals surface area contributed by atoms with Crippen LogP contribution in [0.4, 0.5) is 0 Å². The number of ether oxygens (including phenoxy) is 1. The Labute approximate surface area is 97.2 Å². The molecule has 4 nitrogen and oxygen atoms in total. The zero-order valence-corrected chi connectivity index (χ0v) is 10.4. The number of aromatic nitrogens is 2. The maximum atomic E-state index is 5.56. The van der Waals surface area contributed by atoms with Crippen molar-refractivity contribution in [2.75, 3.05) is 20.3 Å². The fourth-order valence-electron chi connectivity index (χ4n) is 1.80. The largest absolute Gasteiger partial charge is 0.385 e. The first-order valence-electron chi connectivity index (χ1n) is 5.71. The highest BCUT2D eigenvalue weighted by molar-refractivity contribution is 5.24. The molecule has 16 heavy (non-hydrogen) atoms. The monoisotopic (exact) mass is 223 g/mol. The topological polar surface area (TPSA) is 61.0 Å². The van der Waals surface area contributed by atoms with Crippen LogP contribution in [-0.4, -0.2) is 30.2 Å². The van der Waals surface area contributed by atoms with Crippen LogP contribution < -0.4 is 5.73 Å². The summed E-state index contributed by atoms with van der Waals surface area (Å²) in [5.41, 5.74) is 8.88. The summed E-state index contributed by atoms with van der Waals surface area (Å²) in [7, 11) is 1.71. The lowest BCUT2D eigenvalue weighted by atomic mass is 10.1. The molecule has 1 heterocycles. The Hall–Kier alpha value is -1.00. The molecule has 0 bridgehead atoms. The summed E-state index contributed by atoms with van der Waals surface area (Å²) >= 11 is 0. The van der Waals surface area contributed by atoms with E-state index in [1.807, 2.05) is 13.8 Å². The molecule has 0 saturated heterocycles. The van der Waals surface area contributed by atoms with E-state index in [9.17, 15) is 0 Å².